The summed E-state index contributed by atoms with van der Waals surface area (Å²) in [5.41, 5.74) is 1.31. The van der Waals surface area contributed by atoms with E-state index in [-0.39, 0.29) is 10.8 Å². The molecule has 0 aliphatic carbocycles. The van der Waals surface area contributed by atoms with E-state index < -0.39 is 10.0 Å². The highest BCUT2D eigenvalue weighted by atomic mass is 32.2. The van der Waals surface area contributed by atoms with Gasteiger partial charge in [0.15, 0.2) is 0 Å². The molecule has 1 amide bonds. The molecule has 2 aromatic rings. The molecule has 0 aliphatic rings. The highest BCUT2D eigenvalue weighted by Gasteiger charge is 2.15. The Morgan fingerprint density at radius 2 is 1.84 bits per heavy atom. The zero-order valence-corrected chi connectivity index (χ0v) is 15.3. The second kappa shape index (κ2) is 8.02. The minimum atomic E-state index is -3.69. The van der Waals surface area contributed by atoms with E-state index in [9.17, 15) is 13.2 Å². The van der Waals surface area contributed by atoms with Crippen molar-refractivity contribution < 1.29 is 17.9 Å². The van der Waals surface area contributed by atoms with Crippen LogP contribution in [0.15, 0.2) is 53.4 Å². The third kappa shape index (κ3) is 4.96. The summed E-state index contributed by atoms with van der Waals surface area (Å²) in [6.45, 7) is 4.44. The van der Waals surface area contributed by atoms with E-state index in [1.54, 1.807) is 35.2 Å². The highest BCUT2D eigenvalue weighted by molar-refractivity contribution is 7.92. The number of sulfonamides is 1. The first-order valence-corrected chi connectivity index (χ1v) is 9.35. The summed E-state index contributed by atoms with van der Waals surface area (Å²) < 4.78 is 32.6. The molecule has 2 aromatic carbocycles. The average molecular weight is 362 g/mol. The molecule has 25 heavy (non-hydrogen) atoms. The van der Waals surface area contributed by atoms with Crippen LogP contribution in [0.5, 0.6) is 5.75 Å². The molecule has 7 heteroatoms. The van der Waals surface area contributed by atoms with Gasteiger partial charge in [0.25, 0.3) is 10.0 Å². The molecule has 2 rings (SSSR count). The molecule has 0 saturated heterocycles. The summed E-state index contributed by atoms with van der Waals surface area (Å²) in [5.74, 6) is 0.566. The van der Waals surface area contributed by atoms with Gasteiger partial charge in [0, 0.05) is 25.7 Å². The van der Waals surface area contributed by atoms with E-state index in [0.717, 1.165) is 5.56 Å². The number of nitrogens with one attached hydrogen (secondary N) is 1. The number of ether oxygens (including phenoxy) is 1. The Morgan fingerprint density at radius 3 is 2.40 bits per heavy atom. The molecule has 6 nitrogen and oxygen atoms in total. The predicted molar refractivity (Wildman–Crippen MR) is 97.0 cm³/mol. The normalized spacial score (nSPS) is 11.0. The van der Waals surface area contributed by atoms with Crippen molar-refractivity contribution in [1.29, 1.82) is 0 Å². The number of benzene rings is 2. The molecule has 0 bridgehead atoms. The minimum absolute atomic E-state index is 0.0216. The molecule has 0 heterocycles. The smallest absolute Gasteiger partial charge is 0.261 e. The van der Waals surface area contributed by atoms with Crippen LogP contribution < -0.4 is 9.46 Å². The molecule has 0 radical (unpaired) electrons. The SMILES string of the molecule is CCN(Cc1cccc(NS(=O)(=O)c2ccc(OC)cc2)c1)C(C)=O. The summed E-state index contributed by atoms with van der Waals surface area (Å²) in [6.07, 6.45) is 0. The number of carbonyl (C=O) groups is 1. The van der Waals surface area contributed by atoms with Crippen molar-refractivity contribution in [3.63, 3.8) is 0 Å². The first-order chi connectivity index (χ1) is 11.9. The topological polar surface area (TPSA) is 75.7 Å². The van der Waals surface area contributed by atoms with E-state index in [1.165, 1.54) is 26.2 Å². The van der Waals surface area contributed by atoms with Gasteiger partial charge in [-0.25, -0.2) is 8.42 Å². The lowest BCUT2D eigenvalue weighted by Gasteiger charge is -2.19. The summed E-state index contributed by atoms with van der Waals surface area (Å²) >= 11 is 0. The maximum Gasteiger partial charge on any atom is 0.261 e. The van der Waals surface area contributed by atoms with Crippen LogP contribution in [0.2, 0.25) is 0 Å². The predicted octanol–water partition coefficient (Wildman–Crippen LogP) is 2.86. The van der Waals surface area contributed by atoms with Crippen molar-refractivity contribution in [2.45, 2.75) is 25.3 Å². The summed E-state index contributed by atoms with van der Waals surface area (Å²) in [7, 11) is -2.17. The Labute approximate surface area is 148 Å². The third-order valence-corrected chi connectivity index (χ3v) is 5.15. The largest absolute Gasteiger partial charge is 0.497 e. The summed E-state index contributed by atoms with van der Waals surface area (Å²) in [6, 6.07) is 13.2. The fourth-order valence-corrected chi connectivity index (χ4v) is 3.42. The first kappa shape index (κ1) is 18.8. The van der Waals surface area contributed by atoms with E-state index in [2.05, 4.69) is 4.72 Å². The van der Waals surface area contributed by atoms with Gasteiger partial charge in [0.2, 0.25) is 5.91 Å². The number of nitrogens with zero attached hydrogens (tertiary/aromatic N) is 1. The van der Waals surface area contributed by atoms with Gasteiger partial charge in [-0.3, -0.25) is 9.52 Å². The Hall–Kier alpha value is -2.54. The van der Waals surface area contributed by atoms with Crippen LogP contribution >= 0.6 is 0 Å². The Balaban J connectivity index is 2.18. The lowest BCUT2D eigenvalue weighted by Crippen LogP contribution is -2.27. The van der Waals surface area contributed by atoms with Crippen LogP contribution in [-0.2, 0) is 21.4 Å². The van der Waals surface area contributed by atoms with Crippen molar-refractivity contribution in [3.8, 4) is 5.75 Å². The fourth-order valence-electron chi connectivity index (χ4n) is 2.37. The average Bonchev–Trinajstić information content (AvgIpc) is 2.59. The minimum Gasteiger partial charge on any atom is -0.497 e. The summed E-state index contributed by atoms with van der Waals surface area (Å²) in [5, 5.41) is 0. The standard InChI is InChI=1S/C18H22N2O4S/c1-4-20(14(2)21)13-15-6-5-7-16(12-15)19-25(22,23)18-10-8-17(24-3)9-11-18/h5-12,19H,4,13H2,1-3H3. The van der Waals surface area contributed by atoms with Crippen LogP contribution in [0.25, 0.3) is 0 Å². The Bertz CT molecular complexity index is 832. The fraction of sp³-hybridized carbons (Fsp3) is 0.278. The van der Waals surface area contributed by atoms with Gasteiger partial charge in [-0.1, -0.05) is 12.1 Å². The third-order valence-electron chi connectivity index (χ3n) is 3.75. The molecular formula is C18H22N2O4S. The molecule has 0 atom stereocenters. The Kier molecular flexibility index (Phi) is 6.03. The zero-order valence-electron chi connectivity index (χ0n) is 14.5. The molecule has 134 valence electrons. The van der Waals surface area contributed by atoms with Crippen LogP contribution in [0.1, 0.15) is 19.4 Å². The number of carbonyl (C=O) groups excluding carboxylic acids is 1. The molecule has 0 unspecified atom stereocenters. The lowest BCUT2D eigenvalue weighted by molar-refractivity contribution is -0.129. The van der Waals surface area contributed by atoms with Gasteiger partial charge in [-0.2, -0.15) is 0 Å². The second-order valence-corrected chi connectivity index (χ2v) is 7.20. The van der Waals surface area contributed by atoms with Crippen molar-refractivity contribution in [2.75, 3.05) is 18.4 Å². The maximum absolute atomic E-state index is 12.5. The quantitative estimate of drug-likeness (QED) is 0.822. The molecule has 0 aliphatic heterocycles. The molecule has 0 spiro atoms. The van der Waals surface area contributed by atoms with Gasteiger partial charge < -0.3 is 9.64 Å². The van der Waals surface area contributed by atoms with Gasteiger partial charge >= 0.3 is 0 Å². The first-order valence-electron chi connectivity index (χ1n) is 7.87. The van der Waals surface area contributed by atoms with E-state index >= 15 is 0 Å². The van der Waals surface area contributed by atoms with Crippen molar-refractivity contribution in [3.05, 3.63) is 54.1 Å². The lowest BCUT2D eigenvalue weighted by atomic mass is 10.2. The van der Waals surface area contributed by atoms with Crippen LogP contribution in [0.4, 0.5) is 5.69 Å². The maximum atomic E-state index is 12.5. The van der Waals surface area contributed by atoms with Gasteiger partial charge in [0.05, 0.1) is 12.0 Å². The van der Waals surface area contributed by atoms with Crippen LogP contribution in [0.3, 0.4) is 0 Å². The van der Waals surface area contributed by atoms with E-state index in [4.69, 9.17) is 4.74 Å². The van der Waals surface area contributed by atoms with Crippen molar-refractivity contribution >= 4 is 21.6 Å². The number of hydrogen-bond acceptors (Lipinski definition) is 4. The van der Waals surface area contributed by atoms with Crippen molar-refractivity contribution in [1.82, 2.24) is 4.90 Å². The molecule has 0 aromatic heterocycles. The second-order valence-electron chi connectivity index (χ2n) is 5.51. The van der Waals surface area contributed by atoms with Gasteiger partial charge in [0.1, 0.15) is 5.75 Å². The summed E-state index contributed by atoms with van der Waals surface area (Å²) in [4.78, 5) is 13.4. The molecule has 0 saturated carbocycles. The molecule has 1 N–H and O–H groups in total. The number of rotatable bonds is 7. The van der Waals surface area contributed by atoms with Crippen LogP contribution in [-0.4, -0.2) is 32.9 Å². The Morgan fingerprint density at radius 1 is 1.16 bits per heavy atom. The zero-order chi connectivity index (χ0) is 18.4. The number of anilines is 1. The monoisotopic (exact) mass is 362 g/mol. The van der Waals surface area contributed by atoms with Crippen molar-refractivity contribution in [2.24, 2.45) is 0 Å². The van der Waals surface area contributed by atoms with E-state index in [1.807, 2.05) is 13.0 Å². The highest BCUT2D eigenvalue weighted by Crippen LogP contribution is 2.20. The number of methoxy groups -OCH3 is 1. The van der Waals surface area contributed by atoms with Crippen LogP contribution in [0, 0.1) is 0 Å². The number of hydrogen-bond donors (Lipinski definition) is 1. The van der Waals surface area contributed by atoms with Gasteiger partial charge in [-0.05, 0) is 48.9 Å². The number of amides is 1. The molecule has 0 fully saturated rings. The van der Waals surface area contributed by atoms with Gasteiger partial charge in [-0.15, -0.1) is 0 Å². The molecular weight excluding hydrogens is 340 g/mol. The van der Waals surface area contributed by atoms with E-state index in [0.29, 0.717) is 24.5 Å².